The number of phenolic OH excluding ortho intramolecular Hbond substituents is 1. The van der Waals surface area contributed by atoms with Crippen LogP contribution in [-0.2, 0) is 0 Å². The number of benzene rings is 1. The van der Waals surface area contributed by atoms with Gasteiger partial charge in [0.15, 0.2) is 5.65 Å². The van der Waals surface area contributed by atoms with E-state index in [1.807, 2.05) is 18.2 Å². The number of nitrogens with one attached hydrogen (secondary N) is 1. The zero-order valence-electron chi connectivity index (χ0n) is 14.4. The molecule has 0 amide bonds. The van der Waals surface area contributed by atoms with Crippen molar-refractivity contribution in [3.05, 3.63) is 41.0 Å². The number of fused-ring (bicyclic) bond motifs is 1. The second-order valence-electron chi connectivity index (χ2n) is 5.95. The number of phenols is 1. The Balaban J connectivity index is 1.90. The first-order valence-electron chi connectivity index (χ1n) is 8.35. The van der Waals surface area contributed by atoms with Crippen LogP contribution in [0.2, 0.25) is 0 Å². The Morgan fingerprint density at radius 2 is 2.12 bits per heavy atom. The summed E-state index contributed by atoms with van der Waals surface area (Å²) >= 11 is 3.49. The lowest BCUT2D eigenvalue weighted by Crippen LogP contribution is -2.21. The second-order valence-corrected chi connectivity index (χ2v) is 6.80. The number of aromatic hydroxyl groups is 1. The first kappa shape index (κ1) is 17.7. The molecule has 7 heteroatoms. The molecule has 0 bridgehead atoms. The number of anilines is 1. The van der Waals surface area contributed by atoms with Gasteiger partial charge < -0.3 is 15.3 Å². The molecule has 0 aliphatic carbocycles. The van der Waals surface area contributed by atoms with Crippen molar-refractivity contribution in [1.29, 1.82) is 0 Å². The van der Waals surface area contributed by atoms with Crippen molar-refractivity contribution in [2.24, 2.45) is 0 Å². The fraction of sp³-hybridized carbons (Fsp3) is 0.333. The number of rotatable bonds is 7. The van der Waals surface area contributed by atoms with Crippen molar-refractivity contribution in [2.75, 3.05) is 32.0 Å². The lowest BCUT2D eigenvalue weighted by Gasteiger charge is -2.15. The van der Waals surface area contributed by atoms with Gasteiger partial charge in [-0.15, -0.1) is 0 Å². The summed E-state index contributed by atoms with van der Waals surface area (Å²) in [6.07, 6.45) is 2.76. The number of hydrogen-bond donors (Lipinski definition) is 2. The SMILES string of the molecule is CCN(C)CCCNc1cc(-c2ccccc2O)nc2c(Br)cnn12. The summed E-state index contributed by atoms with van der Waals surface area (Å²) in [5, 5.41) is 18.0. The minimum Gasteiger partial charge on any atom is -0.507 e. The average Bonchev–Trinajstić information content (AvgIpc) is 3.00. The van der Waals surface area contributed by atoms with E-state index in [4.69, 9.17) is 0 Å². The third-order valence-corrected chi connectivity index (χ3v) is 4.73. The van der Waals surface area contributed by atoms with Gasteiger partial charge in [0.1, 0.15) is 11.6 Å². The number of aromatic nitrogens is 3. The van der Waals surface area contributed by atoms with Crippen molar-refractivity contribution in [3.8, 4) is 17.0 Å². The van der Waals surface area contributed by atoms with Gasteiger partial charge in [0, 0.05) is 18.2 Å². The van der Waals surface area contributed by atoms with E-state index < -0.39 is 0 Å². The molecule has 2 heterocycles. The minimum absolute atomic E-state index is 0.213. The summed E-state index contributed by atoms with van der Waals surface area (Å²) in [7, 11) is 2.12. The summed E-state index contributed by atoms with van der Waals surface area (Å²) in [5.74, 6) is 1.07. The van der Waals surface area contributed by atoms with E-state index in [1.165, 1.54) is 0 Å². The van der Waals surface area contributed by atoms with E-state index >= 15 is 0 Å². The molecule has 0 fully saturated rings. The Kier molecular flexibility index (Phi) is 5.55. The van der Waals surface area contributed by atoms with Crippen LogP contribution in [0.5, 0.6) is 5.75 Å². The highest BCUT2D eigenvalue weighted by atomic mass is 79.9. The smallest absolute Gasteiger partial charge is 0.172 e. The van der Waals surface area contributed by atoms with Gasteiger partial charge in [-0.1, -0.05) is 19.1 Å². The molecule has 6 nitrogen and oxygen atoms in total. The quantitative estimate of drug-likeness (QED) is 0.589. The lowest BCUT2D eigenvalue weighted by atomic mass is 10.1. The van der Waals surface area contributed by atoms with E-state index in [2.05, 4.69) is 50.2 Å². The highest BCUT2D eigenvalue weighted by molar-refractivity contribution is 9.10. The van der Waals surface area contributed by atoms with Crippen LogP contribution in [-0.4, -0.2) is 51.3 Å². The van der Waals surface area contributed by atoms with Gasteiger partial charge in [0.2, 0.25) is 0 Å². The molecule has 2 aromatic heterocycles. The molecule has 0 aliphatic rings. The maximum absolute atomic E-state index is 10.1. The summed E-state index contributed by atoms with van der Waals surface area (Å²) in [4.78, 5) is 6.92. The Morgan fingerprint density at radius 1 is 1.32 bits per heavy atom. The molecule has 0 saturated carbocycles. The van der Waals surface area contributed by atoms with Gasteiger partial charge in [-0.25, -0.2) is 4.98 Å². The summed E-state index contributed by atoms with van der Waals surface area (Å²) < 4.78 is 2.59. The molecule has 132 valence electrons. The Morgan fingerprint density at radius 3 is 2.88 bits per heavy atom. The minimum atomic E-state index is 0.213. The summed E-state index contributed by atoms with van der Waals surface area (Å²) in [6.45, 7) is 5.07. The molecular formula is C18H22BrN5O. The number of halogens is 1. The van der Waals surface area contributed by atoms with Gasteiger partial charge in [0.25, 0.3) is 0 Å². The predicted octanol–water partition coefficient (Wildman–Crippen LogP) is 3.62. The summed E-state index contributed by atoms with van der Waals surface area (Å²) in [6, 6.07) is 9.14. The van der Waals surface area contributed by atoms with Gasteiger partial charge in [-0.2, -0.15) is 9.61 Å². The van der Waals surface area contributed by atoms with Crippen LogP contribution < -0.4 is 5.32 Å². The molecule has 0 saturated heterocycles. The van der Waals surface area contributed by atoms with Crippen LogP contribution >= 0.6 is 15.9 Å². The molecule has 0 spiro atoms. The largest absolute Gasteiger partial charge is 0.507 e. The number of nitrogens with zero attached hydrogens (tertiary/aromatic N) is 4. The van der Waals surface area contributed by atoms with Crippen LogP contribution in [0.1, 0.15) is 13.3 Å². The second kappa shape index (κ2) is 7.84. The van der Waals surface area contributed by atoms with Crippen LogP contribution in [0.4, 0.5) is 5.82 Å². The van der Waals surface area contributed by atoms with Crippen molar-refractivity contribution < 1.29 is 5.11 Å². The maximum Gasteiger partial charge on any atom is 0.172 e. The van der Waals surface area contributed by atoms with Crippen molar-refractivity contribution >= 4 is 27.4 Å². The van der Waals surface area contributed by atoms with Gasteiger partial charge in [-0.05, 0) is 54.6 Å². The Bertz CT molecular complexity index is 864. The monoisotopic (exact) mass is 403 g/mol. The normalized spacial score (nSPS) is 11.4. The number of para-hydroxylation sites is 1. The van der Waals surface area contributed by atoms with Crippen molar-refractivity contribution in [2.45, 2.75) is 13.3 Å². The first-order chi connectivity index (χ1) is 12.1. The highest BCUT2D eigenvalue weighted by Gasteiger charge is 2.13. The summed E-state index contributed by atoms with van der Waals surface area (Å²) in [5.41, 5.74) is 2.13. The molecule has 3 rings (SSSR count). The third-order valence-electron chi connectivity index (χ3n) is 4.17. The molecule has 25 heavy (non-hydrogen) atoms. The van der Waals surface area contributed by atoms with Crippen LogP contribution in [0.25, 0.3) is 16.9 Å². The Labute approximate surface area is 155 Å². The molecule has 0 unspecified atom stereocenters. The van der Waals surface area contributed by atoms with E-state index in [1.54, 1.807) is 22.8 Å². The zero-order valence-corrected chi connectivity index (χ0v) is 16.0. The van der Waals surface area contributed by atoms with E-state index in [0.717, 1.165) is 36.3 Å². The molecule has 1 aromatic carbocycles. The van der Waals surface area contributed by atoms with E-state index in [-0.39, 0.29) is 5.75 Å². The fourth-order valence-electron chi connectivity index (χ4n) is 2.61. The molecule has 0 atom stereocenters. The van der Waals surface area contributed by atoms with Crippen LogP contribution in [0.3, 0.4) is 0 Å². The van der Waals surface area contributed by atoms with Gasteiger partial charge in [0.05, 0.1) is 16.4 Å². The topological polar surface area (TPSA) is 65.7 Å². The van der Waals surface area contributed by atoms with E-state index in [9.17, 15) is 5.11 Å². The molecule has 0 radical (unpaired) electrons. The standard InChI is InChI=1S/C18H22BrN5O/c1-3-23(2)10-6-9-20-17-11-15(13-7-4-5-8-16(13)25)22-18-14(19)12-21-24(17)18/h4-5,7-8,11-12,20,25H,3,6,9-10H2,1-2H3. The Hall–Kier alpha value is -2.12. The lowest BCUT2D eigenvalue weighted by molar-refractivity contribution is 0.351. The average molecular weight is 404 g/mol. The van der Waals surface area contributed by atoms with Gasteiger partial charge in [-0.3, -0.25) is 0 Å². The van der Waals surface area contributed by atoms with Crippen LogP contribution in [0, 0.1) is 0 Å². The zero-order chi connectivity index (χ0) is 17.8. The third kappa shape index (κ3) is 3.93. The van der Waals surface area contributed by atoms with E-state index in [0.29, 0.717) is 16.9 Å². The van der Waals surface area contributed by atoms with Crippen molar-refractivity contribution in [3.63, 3.8) is 0 Å². The molecule has 3 aromatic rings. The first-order valence-corrected chi connectivity index (χ1v) is 9.14. The van der Waals surface area contributed by atoms with Crippen molar-refractivity contribution in [1.82, 2.24) is 19.5 Å². The molecule has 2 N–H and O–H groups in total. The number of hydrogen-bond acceptors (Lipinski definition) is 5. The predicted molar refractivity (Wildman–Crippen MR) is 104 cm³/mol. The highest BCUT2D eigenvalue weighted by Crippen LogP contribution is 2.30. The van der Waals surface area contributed by atoms with Crippen LogP contribution in [0.15, 0.2) is 41.0 Å². The molecular weight excluding hydrogens is 382 g/mol. The maximum atomic E-state index is 10.1. The van der Waals surface area contributed by atoms with Gasteiger partial charge >= 0.3 is 0 Å². The fourth-order valence-corrected chi connectivity index (χ4v) is 2.96. The molecule has 0 aliphatic heterocycles.